The highest BCUT2D eigenvalue weighted by Gasteiger charge is 2.14. The van der Waals surface area contributed by atoms with Gasteiger partial charge < -0.3 is 10.2 Å². The molecule has 27 heavy (non-hydrogen) atoms. The Morgan fingerprint density at radius 1 is 1.15 bits per heavy atom. The lowest BCUT2D eigenvalue weighted by molar-refractivity contribution is 0.0945. The minimum atomic E-state index is -0.212. The number of thiazole rings is 1. The van der Waals surface area contributed by atoms with E-state index >= 15 is 0 Å². The van der Waals surface area contributed by atoms with Gasteiger partial charge in [0.1, 0.15) is 5.69 Å². The van der Waals surface area contributed by atoms with Crippen LogP contribution in [0.3, 0.4) is 0 Å². The fourth-order valence-corrected chi connectivity index (χ4v) is 3.89. The van der Waals surface area contributed by atoms with Crippen molar-refractivity contribution in [2.24, 2.45) is 0 Å². The number of likely N-dealkylation sites (tertiary alicyclic amines) is 1. The Kier molecular flexibility index (Phi) is 6.95. The third-order valence-electron chi connectivity index (χ3n) is 4.73. The van der Waals surface area contributed by atoms with Crippen LogP contribution in [-0.2, 0) is 0 Å². The summed E-state index contributed by atoms with van der Waals surface area (Å²) in [5, 5.41) is 7.78. The van der Waals surface area contributed by atoms with Gasteiger partial charge in [-0.2, -0.15) is 0 Å². The number of nitrogens with one attached hydrogen (secondary N) is 2. The van der Waals surface area contributed by atoms with Gasteiger partial charge >= 0.3 is 0 Å². The number of carbonyl (C=O) groups excluding carboxylic acids is 2. The standard InChI is InChI=1S/C20H26N4O2S/c1-15-8-3-4-9-16(15)18(25)23-20-22-17(14-27-20)19(26)21-10-7-13-24-11-5-2-6-12-24/h3-4,8-9,14H,2,5-7,10-13H2,1H3,(H,21,26)(H,22,23,25). The second-order valence-electron chi connectivity index (χ2n) is 6.82. The molecule has 0 atom stereocenters. The van der Waals surface area contributed by atoms with E-state index in [0.717, 1.165) is 18.5 Å². The summed E-state index contributed by atoms with van der Waals surface area (Å²) in [5.41, 5.74) is 1.85. The molecule has 0 saturated carbocycles. The van der Waals surface area contributed by atoms with Crippen LogP contribution in [0.4, 0.5) is 5.13 Å². The number of hydrogen-bond donors (Lipinski definition) is 2. The Morgan fingerprint density at radius 3 is 2.70 bits per heavy atom. The minimum Gasteiger partial charge on any atom is -0.351 e. The van der Waals surface area contributed by atoms with E-state index in [2.05, 4.69) is 20.5 Å². The first-order chi connectivity index (χ1) is 13.1. The first-order valence-electron chi connectivity index (χ1n) is 9.46. The van der Waals surface area contributed by atoms with Crippen molar-refractivity contribution in [2.75, 3.05) is 31.5 Å². The molecule has 0 radical (unpaired) electrons. The van der Waals surface area contributed by atoms with Gasteiger partial charge in [-0.1, -0.05) is 24.6 Å². The Bertz CT molecular complexity index is 784. The molecular weight excluding hydrogens is 360 g/mol. The molecule has 144 valence electrons. The SMILES string of the molecule is Cc1ccccc1C(=O)Nc1nc(C(=O)NCCCN2CCCCC2)cs1. The summed E-state index contributed by atoms with van der Waals surface area (Å²) in [5.74, 6) is -0.405. The average molecular weight is 387 g/mol. The highest BCUT2D eigenvalue weighted by atomic mass is 32.1. The molecule has 2 aromatic rings. The molecule has 2 amide bonds. The number of carbonyl (C=O) groups is 2. The number of anilines is 1. The maximum absolute atomic E-state index is 12.3. The summed E-state index contributed by atoms with van der Waals surface area (Å²) >= 11 is 1.26. The van der Waals surface area contributed by atoms with Gasteiger partial charge in [-0.15, -0.1) is 11.3 Å². The van der Waals surface area contributed by atoms with E-state index in [4.69, 9.17) is 0 Å². The van der Waals surface area contributed by atoms with Crippen molar-refractivity contribution >= 4 is 28.3 Å². The molecule has 6 nitrogen and oxygen atoms in total. The van der Waals surface area contributed by atoms with Crippen molar-refractivity contribution in [2.45, 2.75) is 32.6 Å². The molecule has 0 spiro atoms. The molecule has 2 heterocycles. The Hall–Kier alpha value is -2.25. The number of hydrogen-bond acceptors (Lipinski definition) is 5. The second-order valence-corrected chi connectivity index (χ2v) is 7.68. The van der Waals surface area contributed by atoms with Crippen LogP contribution in [0.25, 0.3) is 0 Å². The number of aryl methyl sites for hydroxylation is 1. The third-order valence-corrected chi connectivity index (χ3v) is 5.49. The number of benzene rings is 1. The molecule has 7 heteroatoms. The van der Waals surface area contributed by atoms with Gasteiger partial charge in [0.05, 0.1) is 0 Å². The number of nitrogens with zero attached hydrogens (tertiary/aromatic N) is 2. The number of rotatable bonds is 7. The van der Waals surface area contributed by atoms with Gasteiger partial charge in [0.2, 0.25) is 0 Å². The molecule has 2 N–H and O–H groups in total. The Labute approximate surface area is 164 Å². The molecular formula is C20H26N4O2S. The van der Waals surface area contributed by atoms with Crippen LogP contribution in [0.2, 0.25) is 0 Å². The lowest BCUT2D eigenvalue weighted by atomic mass is 10.1. The maximum atomic E-state index is 12.3. The summed E-state index contributed by atoms with van der Waals surface area (Å²) < 4.78 is 0. The molecule has 1 aromatic carbocycles. The van der Waals surface area contributed by atoms with E-state index in [1.54, 1.807) is 11.4 Å². The van der Waals surface area contributed by atoms with E-state index in [1.807, 2.05) is 25.1 Å². The van der Waals surface area contributed by atoms with E-state index < -0.39 is 0 Å². The maximum Gasteiger partial charge on any atom is 0.270 e. The molecule has 1 aromatic heterocycles. The van der Waals surface area contributed by atoms with Crippen molar-refractivity contribution in [1.82, 2.24) is 15.2 Å². The lowest BCUT2D eigenvalue weighted by Gasteiger charge is -2.26. The predicted molar refractivity (Wildman–Crippen MR) is 108 cm³/mol. The van der Waals surface area contributed by atoms with Crippen molar-refractivity contribution in [3.63, 3.8) is 0 Å². The fourth-order valence-electron chi connectivity index (χ4n) is 3.21. The third kappa shape index (κ3) is 5.61. The minimum absolute atomic E-state index is 0.193. The monoisotopic (exact) mass is 386 g/mol. The van der Waals surface area contributed by atoms with Crippen LogP contribution in [-0.4, -0.2) is 47.9 Å². The van der Waals surface area contributed by atoms with Crippen LogP contribution in [0, 0.1) is 6.92 Å². The summed E-state index contributed by atoms with van der Waals surface area (Å²) in [6.45, 7) is 5.89. The molecule has 0 unspecified atom stereocenters. The van der Waals surface area contributed by atoms with E-state index in [1.165, 1.54) is 43.7 Å². The van der Waals surface area contributed by atoms with Crippen LogP contribution in [0.5, 0.6) is 0 Å². The predicted octanol–water partition coefficient (Wildman–Crippen LogP) is 3.31. The second kappa shape index (κ2) is 9.62. The van der Waals surface area contributed by atoms with Crippen molar-refractivity contribution in [3.05, 3.63) is 46.5 Å². The van der Waals surface area contributed by atoms with Crippen LogP contribution in [0.1, 0.15) is 52.1 Å². The topological polar surface area (TPSA) is 74.3 Å². The lowest BCUT2D eigenvalue weighted by Crippen LogP contribution is -2.33. The summed E-state index contributed by atoms with van der Waals surface area (Å²) in [4.78, 5) is 31.2. The number of piperidine rings is 1. The smallest absolute Gasteiger partial charge is 0.270 e. The van der Waals surface area contributed by atoms with Gasteiger partial charge in [0.25, 0.3) is 11.8 Å². The molecule has 1 aliphatic rings. The number of aromatic nitrogens is 1. The summed E-state index contributed by atoms with van der Waals surface area (Å²) in [7, 11) is 0. The first-order valence-corrected chi connectivity index (χ1v) is 10.3. The zero-order valence-corrected chi connectivity index (χ0v) is 16.5. The van der Waals surface area contributed by atoms with Gasteiger partial charge in [-0.25, -0.2) is 4.98 Å². The van der Waals surface area contributed by atoms with Gasteiger partial charge in [0.15, 0.2) is 5.13 Å². The van der Waals surface area contributed by atoms with E-state index in [0.29, 0.717) is 22.9 Å². The van der Waals surface area contributed by atoms with Crippen LogP contribution >= 0.6 is 11.3 Å². The van der Waals surface area contributed by atoms with E-state index in [-0.39, 0.29) is 11.8 Å². The van der Waals surface area contributed by atoms with Crippen molar-refractivity contribution < 1.29 is 9.59 Å². The molecule has 0 aliphatic carbocycles. The summed E-state index contributed by atoms with van der Waals surface area (Å²) in [6, 6.07) is 7.38. The zero-order chi connectivity index (χ0) is 19.1. The van der Waals surface area contributed by atoms with Gasteiger partial charge in [0, 0.05) is 17.5 Å². The number of amides is 2. The highest BCUT2D eigenvalue weighted by molar-refractivity contribution is 7.14. The Balaban J connectivity index is 1.44. The van der Waals surface area contributed by atoms with Crippen molar-refractivity contribution in [3.8, 4) is 0 Å². The molecule has 0 bridgehead atoms. The van der Waals surface area contributed by atoms with Crippen molar-refractivity contribution in [1.29, 1.82) is 0 Å². The highest BCUT2D eigenvalue weighted by Crippen LogP contribution is 2.17. The molecule has 1 saturated heterocycles. The van der Waals surface area contributed by atoms with Crippen LogP contribution in [0.15, 0.2) is 29.6 Å². The molecule has 3 rings (SSSR count). The van der Waals surface area contributed by atoms with E-state index in [9.17, 15) is 9.59 Å². The fraction of sp³-hybridized carbons (Fsp3) is 0.450. The van der Waals surface area contributed by atoms with Gasteiger partial charge in [-0.3, -0.25) is 14.9 Å². The Morgan fingerprint density at radius 2 is 1.93 bits per heavy atom. The quantitative estimate of drug-likeness (QED) is 0.716. The zero-order valence-electron chi connectivity index (χ0n) is 15.7. The molecule has 1 aliphatic heterocycles. The first kappa shape index (κ1) is 19.5. The largest absolute Gasteiger partial charge is 0.351 e. The van der Waals surface area contributed by atoms with Gasteiger partial charge in [-0.05, 0) is 57.5 Å². The summed E-state index contributed by atoms with van der Waals surface area (Å²) in [6.07, 6.45) is 4.83. The normalized spacial score (nSPS) is 14.7. The van der Waals surface area contributed by atoms with Crippen LogP contribution < -0.4 is 10.6 Å². The molecule has 1 fully saturated rings. The average Bonchev–Trinajstić information content (AvgIpc) is 3.15.